The van der Waals surface area contributed by atoms with E-state index in [2.05, 4.69) is 0 Å². The van der Waals surface area contributed by atoms with E-state index in [0.29, 0.717) is 4.90 Å². The number of carboxylic acid groups (broad SMARTS) is 1. The van der Waals surface area contributed by atoms with Crippen molar-refractivity contribution in [2.45, 2.75) is 20.9 Å². The van der Waals surface area contributed by atoms with Gasteiger partial charge in [0, 0.05) is 0 Å². The Kier molecular flexibility index (Phi) is 28.4. The summed E-state index contributed by atoms with van der Waals surface area (Å²) in [6.07, 6.45) is -2.58. The predicted molar refractivity (Wildman–Crippen MR) is 52.6 cm³/mol. The minimum atomic E-state index is -3.29. The maximum Gasteiger partial charge on any atom is 2.00 e. The summed E-state index contributed by atoms with van der Waals surface area (Å²) in [5, 5.41) is 8.22. The SMILES string of the molecule is C.C.CN(C)C(F)(F)CF.O=C([O-])F.[Ca+2].[H-].[H-]. The maximum atomic E-state index is 11.8. The van der Waals surface area contributed by atoms with Crippen LogP contribution < -0.4 is 5.11 Å². The van der Waals surface area contributed by atoms with E-state index in [4.69, 9.17) is 9.90 Å². The van der Waals surface area contributed by atoms with Crippen molar-refractivity contribution in [1.29, 1.82) is 0 Å². The zero-order valence-corrected chi connectivity index (χ0v) is 9.40. The van der Waals surface area contributed by atoms with E-state index in [-0.39, 0.29) is 55.4 Å². The second-order valence-corrected chi connectivity index (χ2v) is 1.93. The maximum absolute atomic E-state index is 11.8. The first-order valence-corrected chi connectivity index (χ1v) is 2.71. The third-order valence-corrected chi connectivity index (χ3v) is 0.815. The molecule has 0 radical (unpaired) electrons. The van der Waals surface area contributed by atoms with Crippen molar-refractivity contribution in [3.05, 3.63) is 0 Å². The van der Waals surface area contributed by atoms with Crippen LogP contribution in [0.1, 0.15) is 17.7 Å². The molecule has 0 aliphatic heterocycles. The normalized spacial score (nSPS) is 8.47. The van der Waals surface area contributed by atoms with Crippen molar-refractivity contribution in [1.82, 2.24) is 4.90 Å². The Morgan fingerprint density at radius 1 is 1.40 bits per heavy atom. The van der Waals surface area contributed by atoms with Crippen LogP contribution in [-0.4, -0.2) is 75.7 Å². The van der Waals surface area contributed by atoms with Gasteiger partial charge in [0.1, 0.15) is 0 Å². The molecule has 0 heterocycles. The Labute approximate surface area is 120 Å². The van der Waals surface area contributed by atoms with Crippen molar-refractivity contribution < 1.29 is 30.3 Å². The van der Waals surface area contributed by atoms with E-state index < -0.39 is 18.9 Å². The molecular weight excluding hydrogens is 246 g/mol. The quantitative estimate of drug-likeness (QED) is 0.329. The number of nitrogens with zero attached hydrogens (tertiary/aromatic N) is 1. The van der Waals surface area contributed by atoms with E-state index in [9.17, 15) is 17.6 Å². The molecule has 0 amide bonds. The summed E-state index contributed by atoms with van der Waals surface area (Å²) >= 11 is 0. The monoisotopic (exact) mass is 264 g/mol. The average molecular weight is 264 g/mol. The van der Waals surface area contributed by atoms with Crippen LogP contribution in [0.2, 0.25) is 0 Å². The Morgan fingerprint density at radius 3 is 1.60 bits per heavy atom. The third kappa shape index (κ3) is 25.1. The number of carbonyl (C=O) groups excluding carboxylic acids is 1. The third-order valence-electron chi connectivity index (χ3n) is 0.815. The molecule has 0 rings (SSSR count). The molecule has 0 aromatic carbocycles. The number of alkyl halides is 3. The molecule has 0 aliphatic rings. The Hall–Kier alpha value is 0.410. The van der Waals surface area contributed by atoms with E-state index in [1.165, 1.54) is 0 Å². The van der Waals surface area contributed by atoms with E-state index in [1.54, 1.807) is 0 Å². The molecule has 0 aromatic rings. The Morgan fingerprint density at radius 2 is 1.60 bits per heavy atom. The average Bonchev–Trinajstić information content (AvgIpc) is 1.86. The second-order valence-electron chi connectivity index (χ2n) is 1.93. The zero-order valence-electron chi connectivity index (χ0n) is 9.19. The van der Waals surface area contributed by atoms with Crippen LogP contribution in [-0.2, 0) is 0 Å². The first kappa shape index (κ1) is 29.5. The minimum absolute atomic E-state index is 0. The molecule has 0 saturated carbocycles. The van der Waals surface area contributed by atoms with Crippen LogP contribution in [0.4, 0.5) is 22.4 Å². The number of hydrogen-bond donors (Lipinski definition) is 0. The van der Waals surface area contributed by atoms with Crippen LogP contribution in [0.15, 0.2) is 0 Å². The van der Waals surface area contributed by atoms with Crippen LogP contribution in [0, 0.1) is 0 Å². The van der Waals surface area contributed by atoms with Crippen molar-refractivity contribution in [2.24, 2.45) is 0 Å². The fourth-order valence-electron chi connectivity index (χ4n) is 0.120. The minimum Gasteiger partial charge on any atom is -1.00 e. The van der Waals surface area contributed by atoms with Crippen LogP contribution in [0.3, 0.4) is 0 Å². The number of carbonyl (C=O) groups is 1. The molecule has 0 fully saturated rings. The predicted octanol–water partition coefficient (Wildman–Crippen LogP) is 1.53. The molecule has 94 valence electrons. The van der Waals surface area contributed by atoms with Gasteiger partial charge in [-0.15, -0.1) is 0 Å². The first-order chi connectivity index (χ1) is 5.24. The number of halogens is 4. The summed E-state index contributed by atoms with van der Waals surface area (Å²) < 4.78 is 44.7. The van der Waals surface area contributed by atoms with Gasteiger partial charge in [-0.1, -0.05) is 14.9 Å². The van der Waals surface area contributed by atoms with Gasteiger partial charge in [0.25, 0.3) is 0 Å². The molecule has 3 nitrogen and oxygen atoms in total. The molecule has 0 aliphatic carbocycles. The van der Waals surface area contributed by atoms with Crippen LogP contribution >= 0.6 is 0 Å². The molecular formula is C7H18CaF4NO2-. The topological polar surface area (TPSA) is 43.4 Å². The van der Waals surface area contributed by atoms with Gasteiger partial charge in [-0.25, -0.2) is 9.29 Å². The van der Waals surface area contributed by atoms with Gasteiger partial charge in [0.2, 0.25) is 6.22 Å². The number of hydrogen-bond acceptors (Lipinski definition) is 3. The molecule has 15 heavy (non-hydrogen) atoms. The van der Waals surface area contributed by atoms with Gasteiger partial charge in [-0.05, 0) is 14.1 Å². The van der Waals surface area contributed by atoms with Gasteiger partial charge in [0.05, 0.1) is 0 Å². The van der Waals surface area contributed by atoms with Crippen LogP contribution in [0.5, 0.6) is 0 Å². The van der Waals surface area contributed by atoms with E-state index in [0.717, 1.165) is 14.1 Å². The van der Waals surface area contributed by atoms with Gasteiger partial charge < -0.3 is 12.8 Å². The summed E-state index contributed by atoms with van der Waals surface area (Å²) in [6.45, 7) is -1.62. The Balaban J connectivity index is -0.0000000202. The largest absolute Gasteiger partial charge is 2.00 e. The van der Waals surface area contributed by atoms with Gasteiger partial charge >= 0.3 is 43.8 Å². The van der Waals surface area contributed by atoms with Crippen molar-refractivity contribution in [2.75, 3.05) is 20.8 Å². The fourth-order valence-corrected chi connectivity index (χ4v) is 0.120. The molecule has 8 heteroatoms. The van der Waals surface area contributed by atoms with Gasteiger partial charge in [0.15, 0.2) is 6.67 Å². The molecule has 0 atom stereocenters. The van der Waals surface area contributed by atoms with Crippen molar-refractivity contribution in [3.8, 4) is 0 Å². The first-order valence-electron chi connectivity index (χ1n) is 2.71. The smallest absolute Gasteiger partial charge is 1.00 e. The van der Waals surface area contributed by atoms with E-state index in [1.807, 2.05) is 0 Å². The molecule has 0 bridgehead atoms. The number of rotatable bonds is 2. The van der Waals surface area contributed by atoms with Crippen LogP contribution in [0.25, 0.3) is 0 Å². The van der Waals surface area contributed by atoms with Crippen molar-refractivity contribution in [3.63, 3.8) is 0 Å². The summed E-state index contributed by atoms with van der Waals surface area (Å²) in [6, 6.07) is -3.29. The second kappa shape index (κ2) is 14.4. The molecule has 0 spiro atoms. The standard InChI is InChI=1S/C4H8F3N.CHFO2.2CH4.Ca.2H/c1-8(2)4(6,7)3-5;2-1(3)4;;;;;/h3H2,1-2H3;(H,3,4);2*1H4;;;/q;;;;+2;2*-1/p-1. The van der Waals surface area contributed by atoms with Gasteiger partial charge in [-0.3, -0.25) is 0 Å². The molecule has 0 unspecified atom stereocenters. The molecule has 0 saturated heterocycles. The summed E-state index contributed by atoms with van der Waals surface area (Å²) in [5.41, 5.74) is 0. The zero-order chi connectivity index (χ0) is 10.4. The summed E-state index contributed by atoms with van der Waals surface area (Å²) in [7, 11) is 2.25. The van der Waals surface area contributed by atoms with Crippen molar-refractivity contribution >= 4 is 44.0 Å². The molecule has 0 N–H and O–H groups in total. The van der Waals surface area contributed by atoms with E-state index >= 15 is 0 Å². The summed E-state index contributed by atoms with van der Waals surface area (Å²) in [4.78, 5) is 8.76. The summed E-state index contributed by atoms with van der Waals surface area (Å²) in [5.74, 6) is 0. The molecule has 0 aromatic heterocycles. The van der Waals surface area contributed by atoms with Gasteiger partial charge in [-0.2, -0.15) is 13.2 Å². The Bertz CT molecular complexity index is 152. The fraction of sp³-hybridized carbons (Fsp3) is 0.857.